The van der Waals surface area contributed by atoms with E-state index in [1.807, 2.05) is 0 Å². The monoisotopic (exact) mass is 427 g/mol. The van der Waals surface area contributed by atoms with Gasteiger partial charge in [-0.25, -0.2) is 0 Å². The largest absolute Gasteiger partial charge is 0.481 e. The van der Waals surface area contributed by atoms with E-state index in [1.165, 1.54) is 0 Å². The Balaban J connectivity index is 0. The number of aliphatic hydroxyl groups is 1. The van der Waals surface area contributed by atoms with Crippen LogP contribution in [-0.2, 0) is 18.7 Å². The maximum absolute atomic E-state index is 11.1. The van der Waals surface area contributed by atoms with Crippen LogP contribution in [0, 0.1) is 24.7 Å². The zero-order valence-electron chi connectivity index (χ0n) is 14.3. The van der Waals surface area contributed by atoms with Crippen molar-refractivity contribution < 1.29 is 48.5 Å². The first kappa shape index (κ1) is 27.5. The van der Waals surface area contributed by atoms with Gasteiger partial charge in [0.15, 0.2) is 0 Å². The molecule has 0 spiro atoms. The Kier molecular flexibility index (Phi) is 12.9. The van der Waals surface area contributed by atoms with Crippen LogP contribution in [0.1, 0.15) is 38.5 Å². The van der Waals surface area contributed by atoms with Crippen molar-refractivity contribution in [3.8, 4) is 24.7 Å². The van der Waals surface area contributed by atoms with Gasteiger partial charge in [-0.05, 0) is 6.42 Å². The maximum Gasteiger partial charge on any atom is 0.369 e. The second-order valence-electron chi connectivity index (χ2n) is 5.12. The quantitative estimate of drug-likeness (QED) is 0.139. The summed E-state index contributed by atoms with van der Waals surface area (Å²) in [5.74, 6) is 3.23. The zero-order chi connectivity index (χ0) is 21.7. The SMILES string of the molecule is C#CCCC(=O)NCCCC(O)(P(=O)(O)O)P(=O)(O)O.C#CCCC(=O)O. The first-order valence-corrected chi connectivity index (χ1v) is 10.6. The Labute approximate surface area is 156 Å². The standard InChI is InChI=1S/C9H17NO8P2.C5H6O2/c1-2-3-5-8(11)10-7-4-6-9(12,19(13,14)15)20(16,17)18;1-2-3-4-5(6)7/h1,12H,3-7H2,(H,10,11)(H2,13,14,15)(H2,16,17,18);1H,3-4H2,(H,6,7). The number of rotatable bonds is 10. The minimum absolute atomic E-state index is 0.0672. The van der Waals surface area contributed by atoms with Crippen molar-refractivity contribution in [3.05, 3.63) is 0 Å². The lowest BCUT2D eigenvalue weighted by atomic mass is 10.3. The highest BCUT2D eigenvalue weighted by Crippen LogP contribution is 2.69. The molecule has 0 aliphatic rings. The number of carboxylic acid groups (broad SMARTS) is 1. The molecule has 0 aliphatic carbocycles. The second-order valence-corrected chi connectivity index (χ2v) is 9.13. The Morgan fingerprint density at radius 2 is 1.41 bits per heavy atom. The van der Waals surface area contributed by atoms with Gasteiger partial charge in [0.25, 0.3) is 5.08 Å². The molecule has 0 aromatic heterocycles. The van der Waals surface area contributed by atoms with Gasteiger partial charge in [0, 0.05) is 32.2 Å². The highest BCUT2D eigenvalue weighted by Gasteiger charge is 2.58. The molecule has 154 valence electrons. The van der Waals surface area contributed by atoms with Gasteiger partial charge in [-0.1, -0.05) is 0 Å². The minimum atomic E-state index is -5.44. The number of aliphatic carboxylic acids is 1. The van der Waals surface area contributed by atoms with Crippen LogP contribution in [0.3, 0.4) is 0 Å². The van der Waals surface area contributed by atoms with E-state index in [-0.39, 0.29) is 32.2 Å². The lowest BCUT2D eigenvalue weighted by Gasteiger charge is -2.29. The van der Waals surface area contributed by atoms with Crippen molar-refractivity contribution in [2.45, 2.75) is 43.6 Å². The van der Waals surface area contributed by atoms with E-state index in [9.17, 15) is 23.8 Å². The van der Waals surface area contributed by atoms with Gasteiger partial charge in [-0.2, -0.15) is 0 Å². The number of carboxylic acids is 1. The molecule has 0 aromatic carbocycles. The van der Waals surface area contributed by atoms with Crippen LogP contribution < -0.4 is 5.32 Å². The maximum atomic E-state index is 11.1. The van der Waals surface area contributed by atoms with Gasteiger partial charge in [0.1, 0.15) is 0 Å². The van der Waals surface area contributed by atoms with Gasteiger partial charge in [-0.3, -0.25) is 18.7 Å². The number of carbonyl (C=O) groups excluding carboxylic acids is 1. The molecule has 0 heterocycles. The van der Waals surface area contributed by atoms with Crippen LogP contribution in [0.4, 0.5) is 0 Å². The Bertz CT molecular complexity index is 644. The average molecular weight is 427 g/mol. The molecule has 0 saturated carbocycles. The van der Waals surface area contributed by atoms with E-state index in [2.05, 4.69) is 17.2 Å². The van der Waals surface area contributed by atoms with Crippen LogP contribution in [0.15, 0.2) is 0 Å². The molecule has 0 aromatic rings. The normalized spacial score (nSPS) is 11.4. The molecular formula is C14H23NO10P2. The van der Waals surface area contributed by atoms with Crippen LogP contribution in [0.5, 0.6) is 0 Å². The molecule has 27 heavy (non-hydrogen) atoms. The predicted octanol–water partition coefficient (Wildman–Crippen LogP) is -0.218. The number of amides is 1. The van der Waals surface area contributed by atoms with Gasteiger partial charge in [-0.15, -0.1) is 24.7 Å². The lowest BCUT2D eigenvalue weighted by Crippen LogP contribution is -2.31. The summed E-state index contributed by atoms with van der Waals surface area (Å²) in [6.07, 6.45) is 9.32. The molecule has 13 heteroatoms. The van der Waals surface area contributed by atoms with E-state index in [0.717, 1.165) is 0 Å². The topological polar surface area (TPSA) is 202 Å². The number of terminal acetylenes is 2. The van der Waals surface area contributed by atoms with Crippen molar-refractivity contribution in [2.75, 3.05) is 6.54 Å². The molecule has 0 unspecified atom stereocenters. The van der Waals surface area contributed by atoms with Crippen LogP contribution >= 0.6 is 15.2 Å². The highest BCUT2D eigenvalue weighted by atomic mass is 31.2. The molecule has 7 N–H and O–H groups in total. The Hall–Kier alpha value is -1.68. The summed E-state index contributed by atoms with van der Waals surface area (Å²) >= 11 is 0. The van der Waals surface area contributed by atoms with Crippen LogP contribution in [-0.4, -0.2) is 53.3 Å². The number of nitrogens with one attached hydrogen (secondary N) is 1. The molecule has 0 bridgehead atoms. The summed E-state index contributed by atoms with van der Waals surface area (Å²) in [6.45, 7) is -0.105. The third-order valence-electron chi connectivity index (χ3n) is 2.92. The predicted molar refractivity (Wildman–Crippen MR) is 95.1 cm³/mol. The lowest BCUT2D eigenvalue weighted by molar-refractivity contribution is -0.136. The van der Waals surface area contributed by atoms with E-state index in [4.69, 9.17) is 37.5 Å². The molecular weight excluding hydrogens is 404 g/mol. The third kappa shape index (κ3) is 11.6. The molecule has 0 aliphatic heterocycles. The second kappa shape index (κ2) is 12.7. The van der Waals surface area contributed by atoms with Gasteiger partial charge < -0.3 is 35.1 Å². The van der Waals surface area contributed by atoms with E-state index in [0.29, 0.717) is 6.42 Å². The first-order chi connectivity index (χ1) is 12.2. The van der Waals surface area contributed by atoms with E-state index in [1.54, 1.807) is 0 Å². The summed E-state index contributed by atoms with van der Waals surface area (Å²) in [6, 6.07) is 0. The fourth-order valence-corrected chi connectivity index (χ4v) is 3.72. The molecule has 0 saturated heterocycles. The summed E-state index contributed by atoms with van der Waals surface area (Å²) in [7, 11) is -10.9. The molecule has 1 amide bonds. The van der Waals surface area contributed by atoms with Gasteiger partial charge in [0.2, 0.25) is 5.91 Å². The van der Waals surface area contributed by atoms with Crippen LogP contribution in [0.2, 0.25) is 0 Å². The molecule has 0 rings (SSSR count). The van der Waals surface area contributed by atoms with E-state index < -0.39 is 38.6 Å². The zero-order valence-corrected chi connectivity index (χ0v) is 16.1. The number of hydrogen-bond donors (Lipinski definition) is 7. The van der Waals surface area contributed by atoms with Crippen molar-refractivity contribution in [1.82, 2.24) is 5.32 Å². The first-order valence-electron chi connectivity index (χ1n) is 7.42. The Morgan fingerprint density at radius 1 is 0.963 bits per heavy atom. The molecule has 0 atom stereocenters. The van der Waals surface area contributed by atoms with Gasteiger partial charge in [0.05, 0.1) is 6.42 Å². The highest BCUT2D eigenvalue weighted by molar-refractivity contribution is 7.72. The fraction of sp³-hybridized carbons (Fsp3) is 0.571. The van der Waals surface area contributed by atoms with Crippen molar-refractivity contribution in [1.29, 1.82) is 0 Å². The summed E-state index contributed by atoms with van der Waals surface area (Å²) in [5.41, 5.74) is 0. The summed E-state index contributed by atoms with van der Waals surface area (Å²) < 4.78 is 22.0. The summed E-state index contributed by atoms with van der Waals surface area (Å²) in [5, 5.41) is 16.4. The van der Waals surface area contributed by atoms with Crippen molar-refractivity contribution in [2.24, 2.45) is 0 Å². The van der Waals surface area contributed by atoms with Crippen molar-refractivity contribution in [3.63, 3.8) is 0 Å². The van der Waals surface area contributed by atoms with Crippen molar-refractivity contribution >= 4 is 27.1 Å². The third-order valence-corrected chi connectivity index (χ3v) is 6.80. The number of carbonyl (C=O) groups is 2. The Morgan fingerprint density at radius 3 is 1.74 bits per heavy atom. The molecule has 0 radical (unpaired) electrons. The number of hydrogen-bond acceptors (Lipinski definition) is 5. The molecule has 11 nitrogen and oxygen atoms in total. The summed E-state index contributed by atoms with van der Waals surface area (Å²) in [4.78, 5) is 56.2. The fourth-order valence-electron chi connectivity index (χ4n) is 1.47. The molecule has 0 fully saturated rings. The minimum Gasteiger partial charge on any atom is -0.481 e. The smallest absolute Gasteiger partial charge is 0.369 e. The van der Waals surface area contributed by atoms with Crippen LogP contribution in [0.25, 0.3) is 0 Å². The van der Waals surface area contributed by atoms with E-state index >= 15 is 0 Å². The average Bonchev–Trinajstić information content (AvgIpc) is 2.53. The van der Waals surface area contributed by atoms with Gasteiger partial charge >= 0.3 is 21.2 Å².